The van der Waals surface area contributed by atoms with Crippen molar-refractivity contribution in [2.45, 2.75) is 19.4 Å². The molecule has 7 heteroatoms. The Bertz CT molecular complexity index is 111. The Labute approximate surface area is 113 Å². The molecule has 68 valence electrons. The minimum absolute atomic E-state index is 0. The largest absolute Gasteiger partial charge is 1.00 e. The average Bonchev–Trinajstić information content (AvgIpc) is 1.78. The quantitative estimate of drug-likeness (QED) is 0.395. The zero-order valence-corrected chi connectivity index (χ0v) is 10.5. The fourth-order valence-electron chi connectivity index (χ4n) is 0.577. The second kappa shape index (κ2) is 7.78. The van der Waals surface area contributed by atoms with Crippen molar-refractivity contribution in [2.75, 3.05) is 13.0 Å². The molecule has 0 fully saturated rings. The molecule has 0 aliphatic carbocycles. The summed E-state index contributed by atoms with van der Waals surface area (Å²) in [4.78, 5) is 0. The molecule has 0 spiro atoms. The van der Waals surface area contributed by atoms with Crippen LogP contribution in [-0.2, 0) is 0 Å². The van der Waals surface area contributed by atoms with E-state index in [1.807, 2.05) is 0 Å². The Morgan fingerprint density at radius 3 is 2.25 bits per heavy atom. The van der Waals surface area contributed by atoms with Crippen LogP contribution < -0.4 is 56.7 Å². The average molecular weight is 209 g/mol. The van der Waals surface area contributed by atoms with E-state index in [9.17, 15) is 12.9 Å². The standard InChI is InChI=1S/C5H12BF3NO.K/c1-5(11)2-3-10-4-6(7,8)9;/h5,10-11H,2-4H2,1H3;/q-1;+1. The predicted molar refractivity (Wildman–Crippen MR) is 38.2 cm³/mol. The maximum absolute atomic E-state index is 11.5. The number of aliphatic hydroxyl groups is 1. The van der Waals surface area contributed by atoms with E-state index < -0.39 is 19.5 Å². The SMILES string of the molecule is CC(O)CCNC[B-](F)(F)F.[K+]. The minimum Gasteiger partial charge on any atom is -0.448 e. The van der Waals surface area contributed by atoms with Crippen LogP contribution in [0.25, 0.3) is 0 Å². The summed E-state index contributed by atoms with van der Waals surface area (Å²) in [6.45, 7) is -2.98. The third-order valence-corrected chi connectivity index (χ3v) is 1.11. The van der Waals surface area contributed by atoms with Crippen molar-refractivity contribution >= 4 is 6.98 Å². The number of hydrogen-bond acceptors (Lipinski definition) is 2. The van der Waals surface area contributed by atoms with Gasteiger partial charge in [0.25, 0.3) is 0 Å². The van der Waals surface area contributed by atoms with Gasteiger partial charge < -0.3 is 23.4 Å². The van der Waals surface area contributed by atoms with Crippen LogP contribution in [0.4, 0.5) is 12.9 Å². The van der Waals surface area contributed by atoms with Crippen molar-refractivity contribution in [1.82, 2.24) is 5.32 Å². The number of rotatable bonds is 5. The molecule has 0 rings (SSSR count). The topological polar surface area (TPSA) is 32.3 Å². The second-order valence-corrected chi connectivity index (χ2v) is 2.55. The Balaban J connectivity index is 0. The van der Waals surface area contributed by atoms with E-state index in [1.54, 1.807) is 6.92 Å². The van der Waals surface area contributed by atoms with E-state index in [0.29, 0.717) is 6.42 Å². The fourth-order valence-corrected chi connectivity index (χ4v) is 0.577. The maximum Gasteiger partial charge on any atom is 1.00 e. The van der Waals surface area contributed by atoms with Crippen molar-refractivity contribution in [3.05, 3.63) is 0 Å². The van der Waals surface area contributed by atoms with Crippen molar-refractivity contribution in [3.8, 4) is 0 Å². The molecule has 0 radical (unpaired) electrons. The van der Waals surface area contributed by atoms with Crippen molar-refractivity contribution in [1.29, 1.82) is 0 Å². The fraction of sp³-hybridized carbons (Fsp3) is 1.00. The first kappa shape index (κ1) is 15.9. The summed E-state index contributed by atoms with van der Waals surface area (Å²) in [5.74, 6) is 0. The van der Waals surface area contributed by atoms with Crippen LogP contribution in [0.5, 0.6) is 0 Å². The molecule has 2 N–H and O–H groups in total. The second-order valence-electron chi connectivity index (χ2n) is 2.55. The monoisotopic (exact) mass is 209 g/mol. The summed E-state index contributed by atoms with van der Waals surface area (Å²) in [5, 5.41) is 10.9. The molecule has 0 heterocycles. The van der Waals surface area contributed by atoms with Gasteiger partial charge in [-0.3, -0.25) is 0 Å². The van der Waals surface area contributed by atoms with Gasteiger partial charge in [-0.1, -0.05) is 0 Å². The maximum atomic E-state index is 11.5. The first-order valence-electron chi connectivity index (χ1n) is 3.51. The first-order valence-corrected chi connectivity index (χ1v) is 3.51. The minimum atomic E-state index is -4.72. The van der Waals surface area contributed by atoms with E-state index in [2.05, 4.69) is 5.32 Å². The molecule has 1 atom stereocenters. The van der Waals surface area contributed by atoms with Gasteiger partial charge in [-0.05, 0) is 26.3 Å². The summed E-state index contributed by atoms with van der Waals surface area (Å²) in [6.07, 6.45) is -1.11. The Kier molecular flexibility index (Phi) is 10.3. The first-order chi connectivity index (χ1) is 4.92. The van der Waals surface area contributed by atoms with Gasteiger partial charge >= 0.3 is 58.4 Å². The molecule has 0 aliphatic rings. The van der Waals surface area contributed by atoms with Gasteiger partial charge in [0.1, 0.15) is 0 Å². The summed E-state index contributed by atoms with van der Waals surface area (Å²) >= 11 is 0. The molecule has 0 aromatic rings. The van der Waals surface area contributed by atoms with Crippen molar-refractivity contribution in [2.24, 2.45) is 0 Å². The van der Waals surface area contributed by atoms with E-state index in [1.165, 1.54) is 0 Å². The van der Waals surface area contributed by atoms with Crippen molar-refractivity contribution < 1.29 is 69.4 Å². The number of hydrogen-bond donors (Lipinski definition) is 2. The Morgan fingerprint density at radius 2 is 1.92 bits per heavy atom. The van der Waals surface area contributed by atoms with Crippen LogP contribution in [0.3, 0.4) is 0 Å². The third kappa shape index (κ3) is 14.0. The predicted octanol–water partition coefficient (Wildman–Crippen LogP) is -2.26. The molecule has 0 aromatic carbocycles. The van der Waals surface area contributed by atoms with Gasteiger partial charge in [0.05, 0.1) is 6.10 Å². The van der Waals surface area contributed by atoms with Crippen molar-refractivity contribution in [3.63, 3.8) is 0 Å². The third-order valence-electron chi connectivity index (χ3n) is 1.11. The van der Waals surface area contributed by atoms with Crippen LogP contribution in [0.2, 0.25) is 0 Å². The zero-order valence-electron chi connectivity index (χ0n) is 7.36. The molecule has 0 aliphatic heterocycles. The molecule has 12 heavy (non-hydrogen) atoms. The smallest absolute Gasteiger partial charge is 0.448 e. The van der Waals surface area contributed by atoms with Crippen LogP contribution >= 0.6 is 0 Å². The van der Waals surface area contributed by atoms with E-state index in [4.69, 9.17) is 5.11 Å². The van der Waals surface area contributed by atoms with Gasteiger partial charge in [-0.25, -0.2) is 0 Å². The molecule has 2 nitrogen and oxygen atoms in total. The summed E-state index contributed by atoms with van der Waals surface area (Å²) in [7, 11) is 0. The molecule has 0 bridgehead atoms. The molecular formula is C5H12BF3KNO. The van der Waals surface area contributed by atoms with Gasteiger partial charge in [-0.2, -0.15) is 0 Å². The molecule has 0 saturated carbocycles. The molecular weight excluding hydrogens is 197 g/mol. The summed E-state index contributed by atoms with van der Waals surface area (Å²) in [5.41, 5.74) is 0. The van der Waals surface area contributed by atoms with E-state index >= 15 is 0 Å². The normalized spacial score (nSPS) is 13.8. The van der Waals surface area contributed by atoms with E-state index in [-0.39, 0.29) is 57.9 Å². The van der Waals surface area contributed by atoms with Gasteiger partial charge in [0.2, 0.25) is 0 Å². The Morgan fingerprint density at radius 1 is 1.42 bits per heavy atom. The Hall–Kier alpha value is 1.41. The van der Waals surface area contributed by atoms with Crippen LogP contribution in [0.1, 0.15) is 13.3 Å². The molecule has 0 saturated heterocycles. The van der Waals surface area contributed by atoms with Crippen LogP contribution in [0.15, 0.2) is 0 Å². The summed E-state index contributed by atoms with van der Waals surface area (Å²) in [6, 6.07) is 0. The molecule has 0 amide bonds. The number of halogens is 3. The van der Waals surface area contributed by atoms with Gasteiger partial charge in [0, 0.05) is 0 Å². The van der Waals surface area contributed by atoms with Crippen LogP contribution in [0, 0.1) is 0 Å². The number of aliphatic hydroxyl groups excluding tert-OH is 1. The molecule has 1 unspecified atom stereocenters. The summed E-state index contributed by atoms with van der Waals surface area (Å²) < 4.78 is 34.6. The van der Waals surface area contributed by atoms with Crippen LogP contribution in [-0.4, -0.2) is 31.2 Å². The zero-order chi connectivity index (χ0) is 8.91. The van der Waals surface area contributed by atoms with Gasteiger partial charge in [0.15, 0.2) is 0 Å². The van der Waals surface area contributed by atoms with Gasteiger partial charge in [-0.15, -0.1) is 0 Å². The van der Waals surface area contributed by atoms with E-state index in [0.717, 1.165) is 0 Å². The number of nitrogens with one attached hydrogen (secondary N) is 1. The molecule has 0 aromatic heterocycles.